The van der Waals surface area contributed by atoms with Gasteiger partial charge in [0.1, 0.15) is 11.6 Å². The summed E-state index contributed by atoms with van der Waals surface area (Å²) in [5, 5.41) is 8.58. The third-order valence-electron chi connectivity index (χ3n) is 2.40. The van der Waals surface area contributed by atoms with Gasteiger partial charge < -0.3 is 0 Å². The number of nitriles is 1. The van der Waals surface area contributed by atoms with Crippen LogP contribution in [0.4, 0.5) is 8.78 Å². The van der Waals surface area contributed by atoms with Gasteiger partial charge in [0, 0.05) is 0 Å². The summed E-state index contributed by atoms with van der Waals surface area (Å²) in [5.41, 5.74) is 1.77. The number of hydrogen-bond donors (Lipinski definition) is 0. The summed E-state index contributed by atoms with van der Waals surface area (Å²) in [6.45, 7) is 0. The summed E-state index contributed by atoms with van der Waals surface area (Å²) < 4.78 is 26.4. The van der Waals surface area contributed by atoms with Crippen molar-refractivity contribution in [3.8, 4) is 17.2 Å². The topological polar surface area (TPSA) is 23.8 Å². The van der Waals surface area contributed by atoms with Crippen LogP contribution in [-0.4, -0.2) is 0 Å². The van der Waals surface area contributed by atoms with Crippen molar-refractivity contribution in [2.75, 3.05) is 0 Å². The van der Waals surface area contributed by atoms with Crippen molar-refractivity contribution in [1.29, 1.82) is 5.26 Å². The summed E-state index contributed by atoms with van der Waals surface area (Å²) >= 11 is 0. The van der Waals surface area contributed by atoms with E-state index < -0.39 is 5.82 Å². The average Bonchev–Trinajstić information content (AvgIpc) is 2.28. The van der Waals surface area contributed by atoms with Crippen molar-refractivity contribution in [1.82, 2.24) is 0 Å². The Morgan fingerprint density at radius 1 is 0.941 bits per heavy atom. The van der Waals surface area contributed by atoms with Crippen LogP contribution in [-0.2, 0) is 6.42 Å². The molecule has 2 aromatic rings. The van der Waals surface area contributed by atoms with Crippen molar-refractivity contribution in [2.45, 2.75) is 6.42 Å². The number of hydrogen-bond acceptors (Lipinski definition) is 1. The molecular weight excluding hydrogens is 220 g/mol. The van der Waals surface area contributed by atoms with Gasteiger partial charge in [0.05, 0.1) is 12.5 Å². The first-order valence-corrected chi connectivity index (χ1v) is 5.11. The molecule has 0 amide bonds. The third kappa shape index (κ3) is 2.67. The molecule has 17 heavy (non-hydrogen) atoms. The molecule has 84 valence electrons. The Hall–Kier alpha value is -2.21. The van der Waals surface area contributed by atoms with E-state index in [1.807, 2.05) is 6.07 Å². The van der Waals surface area contributed by atoms with E-state index in [-0.39, 0.29) is 12.2 Å². The summed E-state index contributed by atoms with van der Waals surface area (Å²) in [4.78, 5) is 0. The summed E-state index contributed by atoms with van der Waals surface area (Å²) in [5.74, 6) is -0.786. The third-order valence-corrected chi connectivity index (χ3v) is 2.40. The minimum atomic E-state index is -0.419. The van der Waals surface area contributed by atoms with Crippen molar-refractivity contribution < 1.29 is 8.78 Å². The zero-order valence-electron chi connectivity index (χ0n) is 8.95. The van der Waals surface area contributed by atoms with Gasteiger partial charge in [-0.05, 0) is 47.0 Å². The fraction of sp³-hybridized carbons (Fsp3) is 0.0714. The Morgan fingerprint density at radius 3 is 2.41 bits per heavy atom. The highest BCUT2D eigenvalue weighted by Gasteiger charge is 2.04. The Morgan fingerprint density at radius 2 is 1.71 bits per heavy atom. The van der Waals surface area contributed by atoms with E-state index in [1.54, 1.807) is 18.2 Å². The van der Waals surface area contributed by atoms with E-state index in [0.717, 1.165) is 0 Å². The molecule has 0 aliphatic rings. The molecule has 0 atom stereocenters. The molecule has 0 saturated carbocycles. The molecule has 0 spiro atoms. The van der Waals surface area contributed by atoms with E-state index in [2.05, 4.69) is 0 Å². The van der Waals surface area contributed by atoms with Crippen molar-refractivity contribution in [2.24, 2.45) is 0 Å². The van der Waals surface area contributed by atoms with Crippen LogP contribution in [0.3, 0.4) is 0 Å². The fourth-order valence-corrected chi connectivity index (χ4v) is 1.68. The van der Waals surface area contributed by atoms with Gasteiger partial charge in [0.15, 0.2) is 0 Å². The largest absolute Gasteiger partial charge is 0.207 e. The Balaban J connectivity index is 2.49. The minimum Gasteiger partial charge on any atom is -0.207 e. The molecule has 0 bridgehead atoms. The number of benzene rings is 2. The zero-order chi connectivity index (χ0) is 12.3. The predicted octanol–water partition coefficient (Wildman–Crippen LogP) is 3.70. The lowest BCUT2D eigenvalue weighted by Crippen LogP contribution is -1.88. The molecular formula is C14H9F2N. The highest BCUT2D eigenvalue weighted by Crippen LogP contribution is 2.22. The maximum Gasteiger partial charge on any atom is 0.124 e. The maximum absolute atomic E-state index is 13.3. The number of nitrogens with zero attached hydrogens (tertiary/aromatic N) is 1. The lowest BCUT2D eigenvalue weighted by molar-refractivity contribution is 0.625. The molecule has 0 aromatic heterocycles. The number of halogens is 2. The predicted molar refractivity (Wildman–Crippen MR) is 61.1 cm³/mol. The normalized spacial score (nSPS) is 9.94. The van der Waals surface area contributed by atoms with Gasteiger partial charge in [0.25, 0.3) is 0 Å². The van der Waals surface area contributed by atoms with E-state index in [0.29, 0.717) is 16.7 Å². The monoisotopic (exact) mass is 229 g/mol. The van der Waals surface area contributed by atoms with Gasteiger partial charge in [0.2, 0.25) is 0 Å². The Kier molecular flexibility index (Phi) is 3.15. The lowest BCUT2D eigenvalue weighted by atomic mass is 10.0. The molecule has 0 heterocycles. The first-order chi connectivity index (χ1) is 8.19. The second kappa shape index (κ2) is 4.75. The standard InChI is InChI=1S/C14H9F2N/c15-13-3-1-2-11(8-13)12-6-10(4-5-17)7-14(16)9-12/h1-3,6-9H,4H2. The first kappa shape index (κ1) is 11.3. The van der Waals surface area contributed by atoms with Crippen LogP contribution >= 0.6 is 0 Å². The van der Waals surface area contributed by atoms with Gasteiger partial charge in [-0.1, -0.05) is 12.1 Å². The van der Waals surface area contributed by atoms with Crippen molar-refractivity contribution in [3.05, 3.63) is 59.7 Å². The van der Waals surface area contributed by atoms with Gasteiger partial charge in [-0.3, -0.25) is 0 Å². The second-order valence-electron chi connectivity index (χ2n) is 3.69. The van der Waals surface area contributed by atoms with E-state index in [4.69, 9.17) is 5.26 Å². The van der Waals surface area contributed by atoms with Crippen LogP contribution in [0.2, 0.25) is 0 Å². The summed E-state index contributed by atoms with van der Waals surface area (Å²) in [6, 6.07) is 12.2. The van der Waals surface area contributed by atoms with Gasteiger partial charge in [-0.25, -0.2) is 8.78 Å². The molecule has 2 aromatic carbocycles. The van der Waals surface area contributed by atoms with Gasteiger partial charge in [-0.15, -0.1) is 0 Å². The highest BCUT2D eigenvalue weighted by atomic mass is 19.1. The summed E-state index contributed by atoms with van der Waals surface area (Å²) in [7, 11) is 0. The van der Waals surface area contributed by atoms with Crippen LogP contribution in [0.1, 0.15) is 5.56 Å². The molecule has 0 aliphatic heterocycles. The molecule has 0 N–H and O–H groups in total. The van der Waals surface area contributed by atoms with Crippen molar-refractivity contribution in [3.63, 3.8) is 0 Å². The van der Waals surface area contributed by atoms with Crippen LogP contribution < -0.4 is 0 Å². The van der Waals surface area contributed by atoms with E-state index in [1.165, 1.54) is 24.3 Å². The van der Waals surface area contributed by atoms with Crippen LogP contribution in [0.25, 0.3) is 11.1 Å². The SMILES string of the molecule is N#CCc1cc(F)cc(-c2cccc(F)c2)c1. The van der Waals surface area contributed by atoms with Crippen LogP contribution in [0.15, 0.2) is 42.5 Å². The van der Waals surface area contributed by atoms with Gasteiger partial charge >= 0.3 is 0 Å². The highest BCUT2D eigenvalue weighted by molar-refractivity contribution is 5.64. The average molecular weight is 229 g/mol. The van der Waals surface area contributed by atoms with Crippen molar-refractivity contribution >= 4 is 0 Å². The molecule has 0 fully saturated rings. The smallest absolute Gasteiger partial charge is 0.124 e. The summed E-state index contributed by atoms with van der Waals surface area (Å²) in [6.07, 6.45) is 0.139. The molecule has 0 radical (unpaired) electrons. The second-order valence-corrected chi connectivity index (χ2v) is 3.69. The first-order valence-electron chi connectivity index (χ1n) is 5.11. The Bertz CT molecular complexity index is 585. The molecule has 1 nitrogen and oxygen atoms in total. The number of rotatable bonds is 2. The molecule has 0 unspecified atom stereocenters. The van der Waals surface area contributed by atoms with E-state index in [9.17, 15) is 8.78 Å². The molecule has 0 saturated heterocycles. The maximum atomic E-state index is 13.3. The Labute approximate surface area is 97.9 Å². The fourth-order valence-electron chi connectivity index (χ4n) is 1.68. The van der Waals surface area contributed by atoms with Gasteiger partial charge in [-0.2, -0.15) is 5.26 Å². The minimum absolute atomic E-state index is 0.139. The zero-order valence-corrected chi connectivity index (χ0v) is 8.95. The molecule has 3 heteroatoms. The van der Waals surface area contributed by atoms with Crippen LogP contribution in [0, 0.1) is 23.0 Å². The van der Waals surface area contributed by atoms with Crippen LogP contribution in [0.5, 0.6) is 0 Å². The molecule has 2 rings (SSSR count). The molecule has 0 aliphatic carbocycles. The van der Waals surface area contributed by atoms with E-state index >= 15 is 0 Å². The lowest BCUT2D eigenvalue weighted by Gasteiger charge is -2.04. The quantitative estimate of drug-likeness (QED) is 0.770.